The highest BCUT2D eigenvalue weighted by Crippen LogP contribution is 2.35. The molecule has 0 spiro atoms. The van der Waals surface area contributed by atoms with Gasteiger partial charge in [-0.2, -0.15) is 0 Å². The van der Waals surface area contributed by atoms with Crippen molar-refractivity contribution in [2.45, 2.75) is 45.1 Å². The van der Waals surface area contributed by atoms with Gasteiger partial charge in [0.15, 0.2) is 11.5 Å². The van der Waals surface area contributed by atoms with Gasteiger partial charge in [-0.05, 0) is 67.1 Å². The zero-order valence-electron chi connectivity index (χ0n) is 17.1. The molecule has 5 heteroatoms. The van der Waals surface area contributed by atoms with Crippen LogP contribution in [0.1, 0.15) is 59.3 Å². The summed E-state index contributed by atoms with van der Waals surface area (Å²) in [5, 5.41) is 3.19. The molecule has 1 N–H and O–H groups in total. The first-order valence-electron chi connectivity index (χ1n) is 9.83. The third-order valence-electron chi connectivity index (χ3n) is 5.35. The zero-order valence-corrected chi connectivity index (χ0v) is 17.1. The van der Waals surface area contributed by atoms with Crippen LogP contribution in [0.3, 0.4) is 0 Å². The number of aryl methyl sites for hydroxylation is 2. The van der Waals surface area contributed by atoms with Crippen LogP contribution < -0.4 is 19.5 Å². The quantitative estimate of drug-likeness (QED) is 0.731. The maximum atomic E-state index is 13.0. The minimum absolute atomic E-state index is 0.105. The molecule has 0 saturated heterocycles. The highest BCUT2D eigenvalue weighted by molar-refractivity contribution is 5.95. The SMILES string of the molecule is CCCC(NC(=O)c1ccc(OC)c(OC)c1)c1cc2c(cc1OC)CCC2. The predicted molar refractivity (Wildman–Crippen MR) is 110 cm³/mol. The predicted octanol–water partition coefficient (Wildman–Crippen LogP) is 4.47. The van der Waals surface area contributed by atoms with Gasteiger partial charge in [-0.15, -0.1) is 0 Å². The molecule has 1 aliphatic carbocycles. The molecule has 1 amide bonds. The van der Waals surface area contributed by atoms with Gasteiger partial charge in [0.05, 0.1) is 27.4 Å². The molecule has 2 aromatic carbocycles. The number of carbonyl (C=O) groups excluding carboxylic acids is 1. The number of methoxy groups -OCH3 is 3. The smallest absolute Gasteiger partial charge is 0.251 e. The van der Waals surface area contributed by atoms with Crippen molar-refractivity contribution in [1.29, 1.82) is 0 Å². The summed E-state index contributed by atoms with van der Waals surface area (Å²) in [4.78, 5) is 13.0. The monoisotopic (exact) mass is 383 g/mol. The molecule has 3 rings (SSSR count). The number of benzene rings is 2. The number of amides is 1. The third kappa shape index (κ3) is 4.08. The Morgan fingerprint density at radius 2 is 1.64 bits per heavy atom. The van der Waals surface area contributed by atoms with E-state index in [4.69, 9.17) is 14.2 Å². The van der Waals surface area contributed by atoms with Crippen molar-refractivity contribution in [2.75, 3.05) is 21.3 Å². The molecule has 1 atom stereocenters. The van der Waals surface area contributed by atoms with Crippen LogP contribution in [-0.2, 0) is 12.8 Å². The summed E-state index contributed by atoms with van der Waals surface area (Å²) in [6, 6.07) is 9.46. The lowest BCUT2D eigenvalue weighted by molar-refractivity contribution is 0.0933. The fourth-order valence-electron chi connectivity index (χ4n) is 3.88. The van der Waals surface area contributed by atoms with Crippen molar-refractivity contribution in [3.8, 4) is 17.2 Å². The Morgan fingerprint density at radius 1 is 0.964 bits per heavy atom. The molecule has 5 nitrogen and oxygen atoms in total. The minimum Gasteiger partial charge on any atom is -0.496 e. The van der Waals surface area contributed by atoms with Crippen LogP contribution in [0, 0.1) is 0 Å². The Hall–Kier alpha value is -2.69. The Bertz CT molecular complexity index is 847. The van der Waals surface area contributed by atoms with Gasteiger partial charge in [-0.3, -0.25) is 4.79 Å². The highest BCUT2D eigenvalue weighted by atomic mass is 16.5. The lowest BCUT2D eigenvalue weighted by Gasteiger charge is -2.22. The number of ether oxygens (including phenoxy) is 3. The number of hydrogen-bond acceptors (Lipinski definition) is 4. The van der Waals surface area contributed by atoms with E-state index in [0.717, 1.165) is 37.0 Å². The number of nitrogens with one attached hydrogen (secondary N) is 1. The van der Waals surface area contributed by atoms with Crippen molar-refractivity contribution in [1.82, 2.24) is 5.32 Å². The first kappa shape index (κ1) is 20.1. The van der Waals surface area contributed by atoms with Gasteiger partial charge in [-0.25, -0.2) is 0 Å². The van der Waals surface area contributed by atoms with Gasteiger partial charge in [0, 0.05) is 11.1 Å². The lowest BCUT2D eigenvalue weighted by Crippen LogP contribution is -2.29. The van der Waals surface area contributed by atoms with E-state index in [1.54, 1.807) is 39.5 Å². The molecule has 1 unspecified atom stereocenters. The molecule has 1 aliphatic rings. The van der Waals surface area contributed by atoms with Crippen molar-refractivity contribution < 1.29 is 19.0 Å². The first-order chi connectivity index (χ1) is 13.6. The average molecular weight is 383 g/mol. The van der Waals surface area contributed by atoms with Crippen LogP contribution >= 0.6 is 0 Å². The molecular weight excluding hydrogens is 354 g/mol. The molecular formula is C23H29NO4. The number of hydrogen-bond donors (Lipinski definition) is 1. The molecule has 0 aromatic heterocycles. The highest BCUT2D eigenvalue weighted by Gasteiger charge is 2.23. The largest absolute Gasteiger partial charge is 0.496 e. The zero-order chi connectivity index (χ0) is 20.1. The van der Waals surface area contributed by atoms with Crippen molar-refractivity contribution >= 4 is 5.91 Å². The summed E-state index contributed by atoms with van der Waals surface area (Å²) in [5.41, 5.74) is 4.33. The van der Waals surface area contributed by atoms with Crippen LogP contribution in [-0.4, -0.2) is 27.2 Å². The topological polar surface area (TPSA) is 56.8 Å². The molecule has 28 heavy (non-hydrogen) atoms. The molecule has 2 aromatic rings. The van der Waals surface area contributed by atoms with Crippen LogP contribution in [0.25, 0.3) is 0 Å². The van der Waals surface area contributed by atoms with E-state index in [1.807, 2.05) is 0 Å². The normalized spacial score (nSPS) is 13.6. The summed E-state index contributed by atoms with van der Waals surface area (Å²) in [6.45, 7) is 2.12. The molecule has 0 bridgehead atoms. The fraction of sp³-hybridized carbons (Fsp3) is 0.435. The van der Waals surface area contributed by atoms with Crippen LogP contribution in [0.4, 0.5) is 0 Å². The second-order valence-corrected chi connectivity index (χ2v) is 7.10. The van der Waals surface area contributed by atoms with E-state index in [0.29, 0.717) is 17.1 Å². The van der Waals surface area contributed by atoms with Gasteiger partial charge in [0.25, 0.3) is 5.91 Å². The van der Waals surface area contributed by atoms with E-state index in [-0.39, 0.29) is 11.9 Å². The van der Waals surface area contributed by atoms with E-state index < -0.39 is 0 Å². The summed E-state index contributed by atoms with van der Waals surface area (Å²) < 4.78 is 16.2. The molecule has 0 fully saturated rings. The Kier molecular flexibility index (Phi) is 6.45. The van der Waals surface area contributed by atoms with Gasteiger partial charge >= 0.3 is 0 Å². The van der Waals surface area contributed by atoms with Gasteiger partial charge in [0.2, 0.25) is 0 Å². The molecule has 150 valence electrons. The van der Waals surface area contributed by atoms with Crippen LogP contribution in [0.15, 0.2) is 30.3 Å². The van der Waals surface area contributed by atoms with Gasteiger partial charge < -0.3 is 19.5 Å². The molecule has 0 aliphatic heterocycles. The summed E-state index contributed by atoms with van der Waals surface area (Å²) in [6.07, 6.45) is 5.17. The van der Waals surface area contributed by atoms with Crippen molar-refractivity contribution in [2.24, 2.45) is 0 Å². The molecule has 0 radical (unpaired) electrons. The van der Waals surface area contributed by atoms with Crippen molar-refractivity contribution in [3.05, 3.63) is 52.6 Å². The Balaban J connectivity index is 1.88. The lowest BCUT2D eigenvalue weighted by atomic mass is 9.96. The minimum atomic E-state index is -0.137. The first-order valence-corrected chi connectivity index (χ1v) is 9.83. The second kappa shape index (κ2) is 9.00. The van der Waals surface area contributed by atoms with E-state index in [9.17, 15) is 4.79 Å². The average Bonchev–Trinajstić information content (AvgIpc) is 3.19. The third-order valence-corrected chi connectivity index (χ3v) is 5.35. The van der Waals surface area contributed by atoms with E-state index in [1.165, 1.54) is 17.5 Å². The van der Waals surface area contributed by atoms with Gasteiger partial charge in [-0.1, -0.05) is 13.3 Å². The Labute approximate surface area is 167 Å². The number of fused-ring (bicyclic) bond motifs is 1. The van der Waals surface area contributed by atoms with Crippen LogP contribution in [0.2, 0.25) is 0 Å². The number of carbonyl (C=O) groups is 1. The van der Waals surface area contributed by atoms with Gasteiger partial charge in [0.1, 0.15) is 5.75 Å². The van der Waals surface area contributed by atoms with E-state index in [2.05, 4.69) is 24.4 Å². The van der Waals surface area contributed by atoms with Crippen LogP contribution in [0.5, 0.6) is 17.2 Å². The number of rotatable bonds is 8. The van der Waals surface area contributed by atoms with Crippen molar-refractivity contribution in [3.63, 3.8) is 0 Å². The summed E-state index contributed by atoms with van der Waals surface area (Å²) in [7, 11) is 4.84. The maximum absolute atomic E-state index is 13.0. The Morgan fingerprint density at radius 3 is 2.29 bits per heavy atom. The molecule has 0 heterocycles. The standard InChI is InChI=1S/C23H29NO4/c1-5-7-19(18-12-15-8-6-9-16(15)13-21(18)27-3)24-23(25)17-10-11-20(26-2)22(14-17)28-4/h10-14,19H,5-9H2,1-4H3,(H,24,25). The molecule has 0 saturated carbocycles. The second-order valence-electron chi connectivity index (χ2n) is 7.10. The summed E-state index contributed by atoms with van der Waals surface area (Å²) in [5.74, 6) is 1.86. The maximum Gasteiger partial charge on any atom is 0.251 e. The summed E-state index contributed by atoms with van der Waals surface area (Å²) >= 11 is 0. The van der Waals surface area contributed by atoms with E-state index >= 15 is 0 Å². The fourth-order valence-corrected chi connectivity index (χ4v) is 3.88.